The summed E-state index contributed by atoms with van der Waals surface area (Å²) in [6.45, 7) is 1.38. The van der Waals surface area contributed by atoms with Crippen LogP contribution in [0.15, 0.2) is 23.1 Å². The highest BCUT2D eigenvalue weighted by Crippen LogP contribution is 2.13. The number of aromatic nitrogens is 1. The van der Waals surface area contributed by atoms with E-state index in [2.05, 4.69) is 4.98 Å². The summed E-state index contributed by atoms with van der Waals surface area (Å²) in [6, 6.07) is 2.89. The lowest BCUT2D eigenvalue weighted by molar-refractivity contribution is 0.0587. The van der Waals surface area contributed by atoms with Crippen molar-refractivity contribution >= 4 is 5.91 Å². The van der Waals surface area contributed by atoms with Gasteiger partial charge in [-0.2, -0.15) is 0 Å². The summed E-state index contributed by atoms with van der Waals surface area (Å²) in [5, 5.41) is 0. The van der Waals surface area contributed by atoms with Gasteiger partial charge in [-0.05, 0) is 18.9 Å². The average molecular weight is 236 g/mol. The van der Waals surface area contributed by atoms with E-state index >= 15 is 0 Å². The van der Waals surface area contributed by atoms with Gasteiger partial charge in [0.2, 0.25) is 5.56 Å². The maximum absolute atomic E-state index is 12.0. The molecular weight excluding hydrogens is 220 g/mol. The minimum Gasteiger partial charge on any atom is -0.376 e. The standard InChI is InChI=1S/C12H16N2O3/c1-14(8-10-3-2-6-17-10)12(16)9-4-5-11(15)13-7-9/h4-5,7,10H,2-3,6,8H2,1H3,(H,13,15). The molecule has 1 aromatic heterocycles. The molecule has 1 aliphatic rings. The number of ether oxygens (including phenoxy) is 1. The zero-order valence-corrected chi connectivity index (χ0v) is 9.81. The van der Waals surface area contributed by atoms with Crippen molar-refractivity contribution in [1.82, 2.24) is 9.88 Å². The van der Waals surface area contributed by atoms with Crippen LogP contribution in [-0.2, 0) is 4.74 Å². The topological polar surface area (TPSA) is 62.4 Å². The number of amides is 1. The minimum atomic E-state index is -0.205. The number of nitrogens with zero attached hydrogens (tertiary/aromatic N) is 1. The number of H-pyrrole nitrogens is 1. The molecule has 0 bridgehead atoms. The third-order valence-corrected chi connectivity index (χ3v) is 2.88. The second-order valence-corrected chi connectivity index (χ2v) is 4.26. The Morgan fingerprint density at radius 1 is 1.59 bits per heavy atom. The van der Waals surface area contributed by atoms with Crippen LogP contribution in [0.5, 0.6) is 0 Å². The number of nitrogens with one attached hydrogen (secondary N) is 1. The average Bonchev–Trinajstić information content (AvgIpc) is 2.82. The molecule has 17 heavy (non-hydrogen) atoms. The first-order chi connectivity index (χ1) is 8.16. The molecule has 5 nitrogen and oxygen atoms in total. The maximum atomic E-state index is 12.0. The van der Waals surface area contributed by atoms with Crippen molar-refractivity contribution in [2.75, 3.05) is 20.2 Å². The van der Waals surface area contributed by atoms with Crippen LogP contribution in [0.3, 0.4) is 0 Å². The van der Waals surface area contributed by atoms with E-state index in [9.17, 15) is 9.59 Å². The summed E-state index contributed by atoms with van der Waals surface area (Å²) in [5.74, 6) is -0.100. The fourth-order valence-electron chi connectivity index (χ4n) is 1.94. The Balaban J connectivity index is 1.98. The highest BCUT2D eigenvalue weighted by atomic mass is 16.5. The van der Waals surface area contributed by atoms with E-state index in [1.54, 1.807) is 11.9 Å². The molecule has 1 atom stereocenters. The van der Waals surface area contributed by atoms with Crippen LogP contribution in [0, 0.1) is 0 Å². The molecule has 0 aliphatic carbocycles. The molecule has 1 unspecified atom stereocenters. The number of aromatic amines is 1. The number of pyridine rings is 1. The van der Waals surface area contributed by atoms with Crippen molar-refractivity contribution in [3.05, 3.63) is 34.2 Å². The van der Waals surface area contributed by atoms with Crippen LogP contribution in [0.4, 0.5) is 0 Å². The first-order valence-corrected chi connectivity index (χ1v) is 5.72. The Morgan fingerprint density at radius 3 is 3.00 bits per heavy atom. The first kappa shape index (κ1) is 11.9. The molecule has 0 saturated carbocycles. The monoisotopic (exact) mass is 236 g/mol. The second kappa shape index (κ2) is 5.14. The largest absolute Gasteiger partial charge is 0.376 e. The molecule has 92 valence electrons. The normalized spacial score (nSPS) is 19.2. The van der Waals surface area contributed by atoms with Gasteiger partial charge in [0.1, 0.15) is 0 Å². The second-order valence-electron chi connectivity index (χ2n) is 4.26. The van der Waals surface area contributed by atoms with Gasteiger partial charge in [0.05, 0.1) is 11.7 Å². The predicted octanol–water partition coefficient (Wildman–Crippen LogP) is 0.626. The molecule has 2 heterocycles. The van der Waals surface area contributed by atoms with Gasteiger partial charge in [-0.3, -0.25) is 9.59 Å². The van der Waals surface area contributed by atoms with Crippen LogP contribution < -0.4 is 5.56 Å². The smallest absolute Gasteiger partial charge is 0.255 e. The Morgan fingerprint density at radius 2 is 2.41 bits per heavy atom. The summed E-state index contributed by atoms with van der Waals surface area (Å²) in [6.07, 6.45) is 3.65. The summed E-state index contributed by atoms with van der Waals surface area (Å²) in [4.78, 5) is 27.0. The lowest BCUT2D eigenvalue weighted by Gasteiger charge is -2.20. The van der Waals surface area contributed by atoms with E-state index < -0.39 is 0 Å². The van der Waals surface area contributed by atoms with E-state index in [4.69, 9.17) is 4.74 Å². The Hall–Kier alpha value is -1.62. The van der Waals surface area contributed by atoms with Crippen LogP contribution in [0.1, 0.15) is 23.2 Å². The van der Waals surface area contributed by atoms with Gasteiger partial charge >= 0.3 is 0 Å². The molecule has 0 spiro atoms. The molecule has 1 saturated heterocycles. The lowest BCUT2D eigenvalue weighted by atomic mass is 10.2. The molecule has 1 aromatic rings. The number of carbonyl (C=O) groups excluding carboxylic acids is 1. The van der Waals surface area contributed by atoms with Gasteiger partial charge < -0.3 is 14.6 Å². The van der Waals surface area contributed by atoms with E-state index in [1.807, 2.05) is 0 Å². The number of rotatable bonds is 3. The molecule has 1 N–H and O–H groups in total. The molecule has 1 fully saturated rings. The molecule has 1 aliphatic heterocycles. The van der Waals surface area contributed by atoms with Crippen molar-refractivity contribution in [3.63, 3.8) is 0 Å². The van der Waals surface area contributed by atoms with Gasteiger partial charge in [0.25, 0.3) is 5.91 Å². The van der Waals surface area contributed by atoms with Crippen molar-refractivity contribution in [2.45, 2.75) is 18.9 Å². The maximum Gasteiger partial charge on any atom is 0.255 e. The van der Waals surface area contributed by atoms with Crippen molar-refractivity contribution in [1.29, 1.82) is 0 Å². The quantitative estimate of drug-likeness (QED) is 0.837. The molecule has 0 aromatic carbocycles. The molecule has 2 rings (SSSR count). The van der Waals surface area contributed by atoms with Gasteiger partial charge in [-0.15, -0.1) is 0 Å². The third-order valence-electron chi connectivity index (χ3n) is 2.88. The molecule has 5 heteroatoms. The van der Waals surface area contributed by atoms with Gasteiger partial charge in [-0.25, -0.2) is 0 Å². The SMILES string of the molecule is CN(CC1CCCO1)C(=O)c1ccc(=O)[nH]c1. The molecular formula is C12H16N2O3. The van der Waals surface area contributed by atoms with Crippen LogP contribution in [-0.4, -0.2) is 42.1 Å². The Kier molecular flexibility index (Phi) is 3.58. The molecule has 0 radical (unpaired) electrons. The van der Waals surface area contributed by atoms with Gasteiger partial charge in [0, 0.05) is 32.5 Å². The third kappa shape index (κ3) is 2.94. The summed E-state index contributed by atoms with van der Waals surface area (Å²) >= 11 is 0. The zero-order valence-electron chi connectivity index (χ0n) is 9.81. The molecule has 1 amide bonds. The Labute approximate surface area is 99.4 Å². The lowest BCUT2D eigenvalue weighted by Crippen LogP contribution is -2.34. The van der Waals surface area contributed by atoms with Crippen molar-refractivity contribution in [2.24, 2.45) is 0 Å². The predicted molar refractivity (Wildman–Crippen MR) is 63.0 cm³/mol. The van der Waals surface area contributed by atoms with Gasteiger partial charge in [-0.1, -0.05) is 0 Å². The number of likely N-dealkylation sites (N-methyl/N-ethyl adjacent to an activating group) is 1. The van der Waals surface area contributed by atoms with Crippen molar-refractivity contribution < 1.29 is 9.53 Å². The van der Waals surface area contributed by atoms with E-state index in [1.165, 1.54) is 18.3 Å². The van der Waals surface area contributed by atoms with Crippen LogP contribution >= 0.6 is 0 Å². The van der Waals surface area contributed by atoms with E-state index in [0.717, 1.165) is 19.4 Å². The number of carbonyl (C=O) groups is 1. The zero-order chi connectivity index (χ0) is 12.3. The minimum absolute atomic E-state index is 0.100. The summed E-state index contributed by atoms with van der Waals surface area (Å²) in [5.41, 5.74) is 0.286. The van der Waals surface area contributed by atoms with Crippen LogP contribution in [0.25, 0.3) is 0 Å². The fourth-order valence-corrected chi connectivity index (χ4v) is 1.94. The number of hydrogen-bond donors (Lipinski definition) is 1. The highest BCUT2D eigenvalue weighted by molar-refractivity contribution is 5.93. The Bertz CT molecular complexity index is 429. The van der Waals surface area contributed by atoms with E-state index in [0.29, 0.717) is 12.1 Å². The van der Waals surface area contributed by atoms with Gasteiger partial charge in [0.15, 0.2) is 0 Å². The highest BCUT2D eigenvalue weighted by Gasteiger charge is 2.20. The van der Waals surface area contributed by atoms with Crippen molar-refractivity contribution in [3.8, 4) is 0 Å². The number of hydrogen-bond acceptors (Lipinski definition) is 3. The summed E-state index contributed by atoms with van der Waals surface area (Å²) in [7, 11) is 1.75. The van der Waals surface area contributed by atoms with E-state index in [-0.39, 0.29) is 17.6 Å². The fraction of sp³-hybridized carbons (Fsp3) is 0.500. The summed E-state index contributed by atoms with van der Waals surface area (Å²) < 4.78 is 5.48. The van der Waals surface area contributed by atoms with Crippen LogP contribution in [0.2, 0.25) is 0 Å². The first-order valence-electron chi connectivity index (χ1n) is 5.72.